The van der Waals surface area contributed by atoms with E-state index in [0.717, 1.165) is 67.5 Å². The van der Waals surface area contributed by atoms with Crippen molar-refractivity contribution in [3.63, 3.8) is 0 Å². The largest absolute Gasteiger partial charge is 0.493 e. The number of nitrogens with zero attached hydrogens (tertiary/aromatic N) is 5. The minimum Gasteiger partial charge on any atom is -0.493 e. The van der Waals surface area contributed by atoms with Gasteiger partial charge in [0.05, 0.1) is 33.5 Å². The molecule has 0 bridgehead atoms. The van der Waals surface area contributed by atoms with Crippen LogP contribution >= 0.6 is 24.0 Å². The molecule has 184 valence electrons. The number of rotatable bonds is 9. The average molecular weight is 573 g/mol. The monoisotopic (exact) mass is 573 g/mol. The lowest BCUT2D eigenvalue weighted by molar-refractivity contribution is 0.0169. The summed E-state index contributed by atoms with van der Waals surface area (Å²) in [7, 11) is 5.26. The van der Waals surface area contributed by atoms with Gasteiger partial charge < -0.3 is 29.4 Å². The number of aromatic nitrogens is 3. The smallest absolute Gasteiger partial charge is 0.191 e. The Morgan fingerprint density at radius 2 is 1.88 bits per heavy atom. The Balaban J connectivity index is 0.00000385. The summed E-state index contributed by atoms with van der Waals surface area (Å²) in [5.41, 5.74) is 1.15. The second-order valence-electron chi connectivity index (χ2n) is 7.58. The Bertz CT molecular complexity index is 900. The molecule has 10 nitrogen and oxygen atoms in total. The average Bonchev–Trinajstić information content (AvgIpc) is 3.15. The quantitative estimate of drug-likeness (QED) is 0.267. The van der Waals surface area contributed by atoms with Crippen LogP contribution in [0, 0.1) is 6.92 Å². The molecule has 1 aliphatic heterocycles. The molecule has 33 heavy (non-hydrogen) atoms. The van der Waals surface area contributed by atoms with Gasteiger partial charge in [0.1, 0.15) is 12.4 Å². The minimum absolute atomic E-state index is 0. The lowest BCUT2D eigenvalue weighted by Gasteiger charge is -2.35. The van der Waals surface area contributed by atoms with Crippen molar-refractivity contribution in [2.45, 2.75) is 26.4 Å². The van der Waals surface area contributed by atoms with E-state index in [1.54, 1.807) is 14.2 Å². The zero-order valence-corrected chi connectivity index (χ0v) is 22.5. The molecule has 1 aliphatic rings. The van der Waals surface area contributed by atoms with Crippen LogP contribution in [-0.2, 0) is 18.3 Å². The Hall–Kier alpha value is -2.12. The highest BCUT2D eigenvalue weighted by Crippen LogP contribution is 2.32. The molecule has 1 atom stereocenters. The van der Waals surface area contributed by atoms with Gasteiger partial charge in [-0.05, 0) is 31.5 Å². The molecule has 0 amide bonds. The van der Waals surface area contributed by atoms with Crippen LogP contribution in [-0.4, -0.2) is 79.2 Å². The van der Waals surface area contributed by atoms with Gasteiger partial charge in [-0.2, -0.15) is 0 Å². The van der Waals surface area contributed by atoms with Crippen molar-refractivity contribution >= 4 is 29.9 Å². The molecule has 1 unspecified atom stereocenters. The third-order valence-corrected chi connectivity index (χ3v) is 5.65. The summed E-state index contributed by atoms with van der Waals surface area (Å²) in [6.07, 6.45) is 0. The first-order valence-corrected chi connectivity index (χ1v) is 11.0. The van der Waals surface area contributed by atoms with Crippen LogP contribution in [0.1, 0.15) is 30.2 Å². The molecule has 0 spiro atoms. The van der Waals surface area contributed by atoms with Gasteiger partial charge in [-0.1, -0.05) is 6.07 Å². The number of hydrogen-bond donors (Lipinski definition) is 2. The molecule has 0 radical (unpaired) electrons. The topological polar surface area (TPSA) is 98.1 Å². The van der Waals surface area contributed by atoms with E-state index in [-0.39, 0.29) is 30.0 Å². The molecule has 0 aliphatic carbocycles. The minimum atomic E-state index is 0. The summed E-state index contributed by atoms with van der Waals surface area (Å²) < 4.78 is 18.5. The maximum absolute atomic E-state index is 5.57. The molecule has 2 aromatic rings. The SMILES string of the molecule is CCNC(=NCc1nnc(C)n1C)NCC(c1ccc(OC)c(OC)c1)N1CCOCC1.I. The zero-order valence-electron chi connectivity index (χ0n) is 20.1. The molecular formula is C22H36IN7O3. The second kappa shape index (κ2) is 13.6. The molecule has 1 aromatic carbocycles. The van der Waals surface area contributed by atoms with Gasteiger partial charge in [0.15, 0.2) is 23.3 Å². The van der Waals surface area contributed by atoms with E-state index in [2.05, 4.69) is 38.7 Å². The Morgan fingerprint density at radius 1 is 1.15 bits per heavy atom. The van der Waals surface area contributed by atoms with Crippen molar-refractivity contribution in [2.75, 3.05) is 53.6 Å². The van der Waals surface area contributed by atoms with E-state index in [9.17, 15) is 0 Å². The Morgan fingerprint density at radius 3 is 2.48 bits per heavy atom. The summed E-state index contributed by atoms with van der Waals surface area (Å²) in [6.45, 7) is 9.07. The van der Waals surface area contributed by atoms with E-state index in [1.165, 1.54) is 0 Å². The van der Waals surface area contributed by atoms with Crippen LogP contribution in [0.25, 0.3) is 0 Å². The van der Waals surface area contributed by atoms with E-state index < -0.39 is 0 Å². The lowest BCUT2D eigenvalue weighted by Crippen LogP contribution is -2.46. The third-order valence-electron chi connectivity index (χ3n) is 5.65. The first-order valence-electron chi connectivity index (χ1n) is 11.0. The van der Waals surface area contributed by atoms with Crippen LogP contribution in [0.15, 0.2) is 23.2 Å². The fourth-order valence-corrected chi connectivity index (χ4v) is 3.68. The maximum atomic E-state index is 5.57. The van der Waals surface area contributed by atoms with Crippen molar-refractivity contribution in [1.82, 2.24) is 30.3 Å². The number of nitrogens with one attached hydrogen (secondary N) is 2. The number of benzene rings is 1. The third kappa shape index (κ3) is 7.18. The molecule has 1 aromatic heterocycles. The van der Waals surface area contributed by atoms with Crippen LogP contribution in [0.2, 0.25) is 0 Å². The van der Waals surface area contributed by atoms with E-state index >= 15 is 0 Å². The molecule has 2 heterocycles. The number of hydrogen-bond acceptors (Lipinski definition) is 7. The van der Waals surface area contributed by atoms with E-state index in [0.29, 0.717) is 13.1 Å². The molecule has 0 saturated carbocycles. The highest BCUT2D eigenvalue weighted by Gasteiger charge is 2.24. The number of guanidine groups is 1. The second-order valence-corrected chi connectivity index (χ2v) is 7.58. The first kappa shape index (κ1) is 27.1. The highest BCUT2D eigenvalue weighted by atomic mass is 127. The summed E-state index contributed by atoms with van der Waals surface area (Å²) >= 11 is 0. The molecule has 1 saturated heterocycles. The highest BCUT2D eigenvalue weighted by molar-refractivity contribution is 14.0. The fourth-order valence-electron chi connectivity index (χ4n) is 3.68. The van der Waals surface area contributed by atoms with Crippen molar-refractivity contribution in [1.29, 1.82) is 0 Å². The predicted molar refractivity (Wildman–Crippen MR) is 139 cm³/mol. The molecular weight excluding hydrogens is 537 g/mol. The lowest BCUT2D eigenvalue weighted by atomic mass is 10.0. The van der Waals surface area contributed by atoms with Crippen molar-refractivity contribution in [3.05, 3.63) is 35.4 Å². The molecule has 3 rings (SSSR count). The van der Waals surface area contributed by atoms with Gasteiger partial charge in [-0.15, -0.1) is 34.2 Å². The summed E-state index contributed by atoms with van der Waals surface area (Å²) in [6, 6.07) is 6.22. The van der Waals surface area contributed by atoms with Crippen molar-refractivity contribution in [2.24, 2.45) is 12.0 Å². The summed E-state index contributed by atoms with van der Waals surface area (Å²) in [5, 5.41) is 15.1. The molecule has 1 fully saturated rings. The van der Waals surface area contributed by atoms with Crippen LogP contribution in [0.4, 0.5) is 0 Å². The van der Waals surface area contributed by atoms with E-state index in [4.69, 9.17) is 19.2 Å². The number of morpholine rings is 1. The Labute approximate surface area is 213 Å². The maximum Gasteiger partial charge on any atom is 0.191 e. The number of halogens is 1. The van der Waals surface area contributed by atoms with Crippen molar-refractivity contribution in [3.8, 4) is 11.5 Å². The number of ether oxygens (including phenoxy) is 3. The van der Waals surface area contributed by atoms with E-state index in [1.807, 2.05) is 30.7 Å². The standard InChI is InChI=1S/C22H35N7O3.HI/c1-6-23-22(25-15-21-27-26-16(2)28(21)3)24-14-18(29-9-11-32-12-10-29)17-7-8-19(30-4)20(13-17)31-5;/h7-8,13,18H,6,9-12,14-15H2,1-5H3,(H2,23,24,25);1H. The van der Waals surface area contributed by atoms with Gasteiger partial charge in [-0.3, -0.25) is 4.90 Å². The van der Waals surface area contributed by atoms with Crippen LogP contribution in [0.3, 0.4) is 0 Å². The summed E-state index contributed by atoms with van der Waals surface area (Å²) in [4.78, 5) is 7.14. The fraction of sp³-hybridized carbons (Fsp3) is 0.591. The van der Waals surface area contributed by atoms with Gasteiger partial charge in [0.2, 0.25) is 0 Å². The number of methoxy groups -OCH3 is 2. The zero-order chi connectivity index (χ0) is 22.9. The predicted octanol–water partition coefficient (Wildman–Crippen LogP) is 1.89. The number of aliphatic imine (C=N–C) groups is 1. The van der Waals surface area contributed by atoms with Crippen LogP contribution < -0.4 is 20.1 Å². The first-order chi connectivity index (χ1) is 15.6. The van der Waals surface area contributed by atoms with Gasteiger partial charge in [0.25, 0.3) is 0 Å². The Kier molecular flexibility index (Phi) is 11.1. The molecule has 2 N–H and O–H groups in total. The molecule has 11 heteroatoms. The normalized spacial score (nSPS) is 15.5. The van der Waals surface area contributed by atoms with Gasteiger partial charge in [-0.25, -0.2) is 4.99 Å². The number of aryl methyl sites for hydroxylation is 1. The van der Waals surface area contributed by atoms with Gasteiger partial charge in [0, 0.05) is 33.2 Å². The van der Waals surface area contributed by atoms with Crippen molar-refractivity contribution < 1.29 is 14.2 Å². The van der Waals surface area contributed by atoms with Crippen LogP contribution in [0.5, 0.6) is 11.5 Å². The summed E-state index contributed by atoms with van der Waals surface area (Å²) in [5.74, 6) is 3.88. The van der Waals surface area contributed by atoms with Gasteiger partial charge >= 0.3 is 0 Å².